The molecule has 6 nitrogen and oxygen atoms in total. The Labute approximate surface area is 221 Å². The number of benzene rings is 2. The second-order valence-electron chi connectivity index (χ2n) is 10.2. The number of imide groups is 1. The molecule has 4 heterocycles. The average Bonchev–Trinajstić information content (AvgIpc) is 3.58. The maximum Gasteiger partial charge on any atom is 0.237 e. The predicted octanol–water partition coefficient (Wildman–Crippen LogP) is 5.71. The Morgan fingerprint density at radius 3 is 2.38 bits per heavy atom. The number of nitrogens with one attached hydrogen (secondary N) is 2. The molecule has 4 aromatic rings. The van der Waals surface area contributed by atoms with Crippen molar-refractivity contribution in [2.75, 3.05) is 26.2 Å². The van der Waals surface area contributed by atoms with E-state index in [4.69, 9.17) is 0 Å². The molecule has 2 fully saturated rings. The number of aromatic amines is 2. The summed E-state index contributed by atoms with van der Waals surface area (Å²) >= 11 is 0. The molecule has 2 amide bonds. The van der Waals surface area contributed by atoms with Gasteiger partial charge >= 0.3 is 0 Å². The summed E-state index contributed by atoms with van der Waals surface area (Å²) in [7, 11) is 0. The lowest BCUT2D eigenvalue weighted by atomic mass is 9.89. The van der Waals surface area contributed by atoms with Crippen LogP contribution in [0.2, 0.25) is 0 Å². The fourth-order valence-corrected chi connectivity index (χ4v) is 6.07. The molecule has 0 saturated carbocycles. The van der Waals surface area contributed by atoms with E-state index in [1.165, 1.54) is 16.5 Å². The van der Waals surface area contributed by atoms with Gasteiger partial charge in [-0.1, -0.05) is 18.2 Å². The van der Waals surface area contributed by atoms with Crippen LogP contribution in [0.5, 0.6) is 0 Å². The van der Waals surface area contributed by atoms with Crippen molar-refractivity contribution >= 4 is 46.0 Å². The molecule has 2 aliphatic heterocycles. The van der Waals surface area contributed by atoms with E-state index in [2.05, 4.69) is 14.9 Å². The summed E-state index contributed by atoms with van der Waals surface area (Å²) in [6.07, 6.45) is 8.06. The Kier molecular flexibility index (Phi) is 7.36. The highest BCUT2D eigenvalue weighted by Crippen LogP contribution is 2.35. The van der Waals surface area contributed by atoms with E-state index in [9.17, 15) is 14.0 Å². The van der Waals surface area contributed by atoms with Crippen LogP contribution in [-0.2, 0) is 9.59 Å². The number of nitrogens with zero attached hydrogens (tertiary/aromatic N) is 2. The molecule has 2 aromatic heterocycles. The largest absolute Gasteiger partial charge is 0.361 e. The molecular formula is C29H32ClFN4O2. The highest BCUT2D eigenvalue weighted by atomic mass is 35.5. The number of hydrogen-bond acceptors (Lipinski definition) is 3. The number of fused-ring (bicyclic) bond motifs is 2. The maximum atomic E-state index is 13.7. The molecule has 1 unspecified atom stereocenters. The van der Waals surface area contributed by atoms with Crippen molar-refractivity contribution in [1.29, 1.82) is 0 Å². The van der Waals surface area contributed by atoms with Crippen molar-refractivity contribution in [3.8, 4) is 0 Å². The van der Waals surface area contributed by atoms with E-state index >= 15 is 0 Å². The second-order valence-corrected chi connectivity index (χ2v) is 10.2. The number of amides is 2. The molecule has 0 radical (unpaired) electrons. The number of carbonyl (C=O) groups is 2. The molecule has 0 spiro atoms. The van der Waals surface area contributed by atoms with E-state index in [1.54, 1.807) is 6.07 Å². The third-order valence-electron chi connectivity index (χ3n) is 8.05. The molecular weight excluding hydrogens is 491 g/mol. The van der Waals surface area contributed by atoms with Crippen LogP contribution in [0, 0.1) is 5.82 Å². The Balaban J connectivity index is 0.00000280. The van der Waals surface area contributed by atoms with E-state index in [0.717, 1.165) is 72.7 Å². The standard InChI is InChI=1S/C29H31FN4O2.ClH/c30-20-7-8-27-22(15-20)24(17-31-27)19-9-13-33(14-10-19)11-3-4-12-34-28(35)16-23(29(34)36)25-18-32-26-6-2-1-5-21(25)26;/h1-2,5-8,15,17-19,23,31-32H,3-4,9-14,16H2;1H. The second kappa shape index (κ2) is 10.7. The summed E-state index contributed by atoms with van der Waals surface area (Å²) in [5.41, 5.74) is 4.13. The van der Waals surface area contributed by atoms with Crippen molar-refractivity contribution in [3.63, 3.8) is 0 Å². The number of para-hydroxylation sites is 1. The first-order valence-corrected chi connectivity index (χ1v) is 13.0. The zero-order valence-electron chi connectivity index (χ0n) is 20.7. The molecule has 2 saturated heterocycles. The highest BCUT2D eigenvalue weighted by Gasteiger charge is 2.40. The molecule has 1 atom stereocenters. The van der Waals surface area contributed by atoms with E-state index in [1.807, 2.05) is 42.7 Å². The van der Waals surface area contributed by atoms with Gasteiger partial charge in [0.05, 0.1) is 5.92 Å². The third-order valence-corrected chi connectivity index (χ3v) is 8.05. The zero-order chi connectivity index (χ0) is 24.6. The number of halogens is 2. The smallest absolute Gasteiger partial charge is 0.237 e. The number of H-pyrrole nitrogens is 2. The minimum atomic E-state index is -0.384. The summed E-state index contributed by atoms with van der Waals surface area (Å²) in [5, 5.41) is 2.02. The van der Waals surface area contributed by atoms with Crippen LogP contribution in [-0.4, -0.2) is 57.8 Å². The van der Waals surface area contributed by atoms with Crippen molar-refractivity contribution in [2.24, 2.45) is 0 Å². The van der Waals surface area contributed by atoms with Gasteiger partial charge in [-0.3, -0.25) is 14.5 Å². The minimum absolute atomic E-state index is 0. The predicted molar refractivity (Wildman–Crippen MR) is 146 cm³/mol. The summed E-state index contributed by atoms with van der Waals surface area (Å²) in [6, 6.07) is 12.9. The SMILES string of the molecule is Cl.O=C1CC(c2c[nH]c3ccccc23)C(=O)N1CCCCN1CCC(c2c[nH]c3ccc(F)cc23)CC1. The van der Waals surface area contributed by atoms with Crippen molar-refractivity contribution < 1.29 is 14.0 Å². The Hall–Kier alpha value is -3.16. The van der Waals surface area contributed by atoms with Gasteiger partial charge in [0, 0.05) is 47.2 Å². The van der Waals surface area contributed by atoms with E-state index < -0.39 is 0 Å². The van der Waals surface area contributed by atoms with Crippen LogP contribution >= 0.6 is 12.4 Å². The third kappa shape index (κ3) is 4.90. The van der Waals surface area contributed by atoms with Gasteiger partial charge in [0.2, 0.25) is 11.8 Å². The van der Waals surface area contributed by atoms with Gasteiger partial charge in [-0.05, 0) is 86.6 Å². The molecule has 37 heavy (non-hydrogen) atoms. The van der Waals surface area contributed by atoms with Crippen LogP contribution in [0.4, 0.5) is 4.39 Å². The van der Waals surface area contributed by atoms with E-state index in [-0.39, 0.29) is 42.4 Å². The summed E-state index contributed by atoms with van der Waals surface area (Å²) in [6.45, 7) is 3.49. The number of hydrogen-bond donors (Lipinski definition) is 2. The molecule has 0 bridgehead atoms. The Morgan fingerprint density at radius 2 is 1.57 bits per heavy atom. The van der Waals surface area contributed by atoms with Crippen LogP contribution in [0.1, 0.15) is 55.1 Å². The molecule has 2 aliphatic rings. The Morgan fingerprint density at radius 1 is 0.865 bits per heavy atom. The van der Waals surface area contributed by atoms with Gasteiger partial charge in [-0.15, -0.1) is 12.4 Å². The monoisotopic (exact) mass is 522 g/mol. The van der Waals surface area contributed by atoms with Crippen molar-refractivity contribution in [2.45, 2.75) is 43.9 Å². The lowest BCUT2D eigenvalue weighted by Crippen LogP contribution is -2.35. The lowest BCUT2D eigenvalue weighted by molar-refractivity contribution is -0.138. The number of carbonyl (C=O) groups excluding carboxylic acids is 2. The molecule has 0 aliphatic carbocycles. The van der Waals surface area contributed by atoms with Crippen LogP contribution < -0.4 is 0 Å². The zero-order valence-corrected chi connectivity index (χ0v) is 21.5. The van der Waals surface area contributed by atoms with Gasteiger partial charge < -0.3 is 14.9 Å². The molecule has 194 valence electrons. The topological polar surface area (TPSA) is 72.2 Å². The van der Waals surface area contributed by atoms with Crippen LogP contribution in [0.25, 0.3) is 21.8 Å². The fourth-order valence-electron chi connectivity index (χ4n) is 6.07. The molecule has 8 heteroatoms. The Bertz CT molecular complexity index is 1420. The number of rotatable bonds is 7. The van der Waals surface area contributed by atoms with Gasteiger partial charge in [-0.25, -0.2) is 4.39 Å². The van der Waals surface area contributed by atoms with Gasteiger partial charge in [0.1, 0.15) is 5.82 Å². The van der Waals surface area contributed by atoms with Gasteiger partial charge in [0.25, 0.3) is 0 Å². The summed E-state index contributed by atoms with van der Waals surface area (Å²) in [4.78, 5) is 36.1. The number of aromatic nitrogens is 2. The number of unbranched alkanes of at least 4 members (excludes halogenated alkanes) is 1. The first kappa shape index (κ1) is 25.5. The lowest BCUT2D eigenvalue weighted by Gasteiger charge is -2.32. The van der Waals surface area contributed by atoms with Gasteiger partial charge in [-0.2, -0.15) is 0 Å². The molecule has 2 aromatic carbocycles. The maximum absolute atomic E-state index is 13.7. The minimum Gasteiger partial charge on any atom is -0.361 e. The summed E-state index contributed by atoms with van der Waals surface area (Å²) < 4.78 is 13.7. The number of piperidine rings is 1. The van der Waals surface area contributed by atoms with Gasteiger partial charge in [0.15, 0.2) is 0 Å². The first-order chi connectivity index (χ1) is 17.6. The molecule has 6 rings (SSSR count). The quantitative estimate of drug-likeness (QED) is 0.241. The van der Waals surface area contributed by atoms with Crippen molar-refractivity contribution in [3.05, 3.63) is 71.8 Å². The average molecular weight is 523 g/mol. The normalized spacial score (nSPS) is 19.3. The highest BCUT2D eigenvalue weighted by molar-refractivity contribution is 6.07. The molecule has 2 N–H and O–H groups in total. The van der Waals surface area contributed by atoms with Crippen LogP contribution in [0.15, 0.2) is 54.9 Å². The first-order valence-electron chi connectivity index (χ1n) is 13.0. The summed E-state index contributed by atoms with van der Waals surface area (Å²) in [5.74, 6) is -0.265. The van der Waals surface area contributed by atoms with E-state index in [0.29, 0.717) is 12.5 Å². The fraction of sp³-hybridized carbons (Fsp3) is 0.379. The van der Waals surface area contributed by atoms with Crippen molar-refractivity contribution in [1.82, 2.24) is 19.8 Å². The number of likely N-dealkylation sites (tertiary alicyclic amines) is 2. The van der Waals surface area contributed by atoms with Crippen LogP contribution in [0.3, 0.4) is 0 Å².